The zero-order chi connectivity index (χ0) is 21.0. The number of hydrogen-bond acceptors (Lipinski definition) is 5. The van der Waals surface area contributed by atoms with Crippen molar-refractivity contribution >= 4 is 34.6 Å². The van der Waals surface area contributed by atoms with E-state index in [2.05, 4.69) is 12.1 Å². The average Bonchev–Trinajstić information content (AvgIpc) is 3.00. The van der Waals surface area contributed by atoms with Crippen molar-refractivity contribution in [2.45, 2.75) is 27.7 Å². The number of likely N-dealkylation sites (N-methyl/N-ethyl adjacent to an activating group) is 1. The first kappa shape index (κ1) is 21.0. The standard InChI is InChI=1S/C23H26N2O3S/c1-6-25-22(26)21(14-17-10-11-19(28-7-2)20(13-17)27-5)29-23(25)24-18-12-15(3)8-9-16(18)4/h8-14H,6-7H2,1-5H3/b21-14+,24-23?. The first-order valence-corrected chi connectivity index (χ1v) is 10.5. The molecule has 1 fully saturated rings. The second-order valence-electron chi connectivity index (χ2n) is 6.69. The fourth-order valence-electron chi connectivity index (χ4n) is 3.01. The van der Waals surface area contributed by atoms with E-state index in [1.165, 1.54) is 11.8 Å². The molecule has 1 heterocycles. The lowest BCUT2D eigenvalue weighted by atomic mass is 10.1. The molecular formula is C23H26N2O3S. The molecule has 2 aromatic carbocycles. The van der Waals surface area contributed by atoms with Crippen molar-refractivity contribution in [1.82, 2.24) is 4.90 Å². The van der Waals surface area contributed by atoms with Crippen molar-refractivity contribution in [2.75, 3.05) is 20.3 Å². The van der Waals surface area contributed by atoms with Crippen LogP contribution in [0.5, 0.6) is 11.5 Å². The minimum absolute atomic E-state index is 0.0330. The number of amidine groups is 1. The Balaban J connectivity index is 1.94. The van der Waals surface area contributed by atoms with Gasteiger partial charge in [-0.2, -0.15) is 0 Å². The Morgan fingerprint density at radius 3 is 2.59 bits per heavy atom. The monoisotopic (exact) mass is 410 g/mol. The molecule has 29 heavy (non-hydrogen) atoms. The molecule has 6 heteroatoms. The summed E-state index contributed by atoms with van der Waals surface area (Å²) in [4.78, 5) is 20.1. The van der Waals surface area contributed by atoms with E-state index in [1.807, 2.05) is 58.0 Å². The van der Waals surface area contributed by atoms with Gasteiger partial charge in [-0.1, -0.05) is 18.2 Å². The maximum absolute atomic E-state index is 12.9. The number of methoxy groups -OCH3 is 1. The molecule has 0 aromatic heterocycles. The minimum atomic E-state index is -0.0330. The smallest absolute Gasteiger partial charge is 0.266 e. The fraction of sp³-hybridized carbons (Fsp3) is 0.304. The second-order valence-corrected chi connectivity index (χ2v) is 7.70. The Kier molecular flexibility index (Phi) is 6.64. The highest BCUT2D eigenvalue weighted by Gasteiger charge is 2.32. The molecule has 1 saturated heterocycles. The van der Waals surface area contributed by atoms with Gasteiger partial charge in [0, 0.05) is 6.54 Å². The Bertz CT molecular complexity index is 982. The van der Waals surface area contributed by atoms with Gasteiger partial charge in [0.2, 0.25) is 0 Å². The lowest BCUT2D eigenvalue weighted by Gasteiger charge is -2.12. The molecule has 2 aromatic rings. The third-order valence-corrected chi connectivity index (χ3v) is 5.58. The van der Waals surface area contributed by atoms with Gasteiger partial charge in [-0.05, 0) is 80.4 Å². The molecule has 152 valence electrons. The normalized spacial score (nSPS) is 16.7. The number of rotatable bonds is 6. The molecule has 0 N–H and O–H groups in total. The molecule has 0 spiro atoms. The zero-order valence-corrected chi connectivity index (χ0v) is 18.3. The SMILES string of the molecule is CCOc1ccc(/C=C2/SC(=Nc3cc(C)ccc3C)N(CC)C2=O)cc1OC. The van der Waals surface area contributed by atoms with Crippen molar-refractivity contribution < 1.29 is 14.3 Å². The van der Waals surface area contributed by atoms with Crippen LogP contribution in [0.4, 0.5) is 5.69 Å². The van der Waals surface area contributed by atoms with Gasteiger partial charge in [0.05, 0.1) is 24.3 Å². The number of thioether (sulfide) groups is 1. The summed E-state index contributed by atoms with van der Waals surface area (Å²) in [6, 6.07) is 11.8. The molecule has 0 atom stereocenters. The van der Waals surface area contributed by atoms with E-state index in [9.17, 15) is 4.79 Å². The Hall–Kier alpha value is -2.73. The molecule has 1 aliphatic rings. The third kappa shape index (κ3) is 4.65. The van der Waals surface area contributed by atoms with Crippen LogP contribution in [-0.2, 0) is 4.79 Å². The average molecular weight is 411 g/mol. The highest BCUT2D eigenvalue weighted by Crippen LogP contribution is 2.36. The summed E-state index contributed by atoms with van der Waals surface area (Å²) in [5.74, 6) is 1.30. The van der Waals surface area contributed by atoms with Crippen LogP contribution in [0.2, 0.25) is 0 Å². The molecule has 0 aliphatic carbocycles. The lowest BCUT2D eigenvalue weighted by molar-refractivity contribution is -0.122. The largest absolute Gasteiger partial charge is 0.493 e. The zero-order valence-electron chi connectivity index (χ0n) is 17.5. The highest BCUT2D eigenvalue weighted by atomic mass is 32.2. The summed E-state index contributed by atoms with van der Waals surface area (Å²) in [6.07, 6.45) is 1.87. The highest BCUT2D eigenvalue weighted by molar-refractivity contribution is 8.18. The Morgan fingerprint density at radius 1 is 1.10 bits per heavy atom. The molecule has 5 nitrogen and oxygen atoms in total. The summed E-state index contributed by atoms with van der Waals surface area (Å²) >= 11 is 1.40. The van der Waals surface area contributed by atoms with Crippen LogP contribution in [0.1, 0.15) is 30.5 Å². The molecule has 0 saturated carbocycles. The minimum Gasteiger partial charge on any atom is -0.493 e. The molecular weight excluding hydrogens is 384 g/mol. The molecule has 1 amide bonds. The first-order valence-electron chi connectivity index (χ1n) is 9.65. The first-order chi connectivity index (χ1) is 14.0. The van der Waals surface area contributed by atoms with Crippen LogP contribution in [0.3, 0.4) is 0 Å². The van der Waals surface area contributed by atoms with E-state index in [0.717, 1.165) is 22.4 Å². The van der Waals surface area contributed by atoms with Crippen LogP contribution >= 0.6 is 11.8 Å². The van der Waals surface area contributed by atoms with E-state index in [4.69, 9.17) is 14.5 Å². The van der Waals surface area contributed by atoms with Crippen molar-refractivity contribution in [2.24, 2.45) is 4.99 Å². The number of aliphatic imine (C=N–C) groups is 1. The van der Waals surface area contributed by atoms with Crippen LogP contribution in [0.25, 0.3) is 6.08 Å². The Labute approximate surface area is 176 Å². The van der Waals surface area contributed by atoms with Gasteiger partial charge >= 0.3 is 0 Å². The van der Waals surface area contributed by atoms with E-state index in [1.54, 1.807) is 12.0 Å². The molecule has 1 aliphatic heterocycles. The van der Waals surface area contributed by atoms with Gasteiger partial charge in [-0.15, -0.1) is 0 Å². The van der Waals surface area contributed by atoms with Gasteiger partial charge in [0.15, 0.2) is 16.7 Å². The van der Waals surface area contributed by atoms with Crippen molar-refractivity contribution in [3.05, 3.63) is 58.0 Å². The summed E-state index contributed by atoms with van der Waals surface area (Å²) in [5.41, 5.74) is 4.00. The lowest BCUT2D eigenvalue weighted by Crippen LogP contribution is -2.28. The van der Waals surface area contributed by atoms with Crippen LogP contribution in [0.15, 0.2) is 46.3 Å². The fourth-order valence-corrected chi connectivity index (χ4v) is 4.07. The van der Waals surface area contributed by atoms with Crippen LogP contribution in [0, 0.1) is 13.8 Å². The van der Waals surface area contributed by atoms with Gasteiger partial charge in [0.25, 0.3) is 5.91 Å². The third-order valence-electron chi connectivity index (χ3n) is 4.57. The van der Waals surface area contributed by atoms with Gasteiger partial charge in [-0.25, -0.2) is 4.99 Å². The Morgan fingerprint density at radius 2 is 1.90 bits per heavy atom. The summed E-state index contributed by atoms with van der Waals surface area (Å²) in [7, 11) is 1.61. The second kappa shape index (κ2) is 9.18. The predicted octanol–water partition coefficient (Wildman–Crippen LogP) is 5.33. The molecule has 3 rings (SSSR count). The molecule has 0 bridgehead atoms. The molecule has 0 unspecified atom stereocenters. The van der Waals surface area contributed by atoms with Crippen LogP contribution < -0.4 is 9.47 Å². The predicted molar refractivity (Wildman–Crippen MR) is 120 cm³/mol. The number of ether oxygens (including phenoxy) is 2. The number of carbonyl (C=O) groups is 1. The van der Waals surface area contributed by atoms with E-state index < -0.39 is 0 Å². The van der Waals surface area contributed by atoms with Gasteiger partial charge in [-0.3, -0.25) is 9.69 Å². The number of hydrogen-bond donors (Lipinski definition) is 0. The number of nitrogens with zero attached hydrogens (tertiary/aromatic N) is 2. The van der Waals surface area contributed by atoms with Gasteiger partial charge in [0.1, 0.15) is 0 Å². The number of amides is 1. The maximum Gasteiger partial charge on any atom is 0.266 e. The molecule has 0 radical (unpaired) electrons. The van der Waals surface area contributed by atoms with Crippen LogP contribution in [-0.4, -0.2) is 36.2 Å². The van der Waals surface area contributed by atoms with Gasteiger partial charge < -0.3 is 9.47 Å². The maximum atomic E-state index is 12.9. The number of aryl methyl sites for hydroxylation is 2. The summed E-state index contributed by atoms with van der Waals surface area (Å²) < 4.78 is 11.0. The van der Waals surface area contributed by atoms with Crippen molar-refractivity contribution in [3.63, 3.8) is 0 Å². The van der Waals surface area contributed by atoms with E-state index in [0.29, 0.717) is 34.7 Å². The summed E-state index contributed by atoms with van der Waals surface area (Å²) in [6.45, 7) is 9.09. The van der Waals surface area contributed by atoms with Crippen molar-refractivity contribution in [3.8, 4) is 11.5 Å². The van der Waals surface area contributed by atoms with E-state index in [-0.39, 0.29) is 5.91 Å². The number of benzene rings is 2. The van der Waals surface area contributed by atoms with E-state index >= 15 is 0 Å². The van der Waals surface area contributed by atoms with Crippen molar-refractivity contribution in [1.29, 1.82) is 0 Å². The summed E-state index contributed by atoms with van der Waals surface area (Å²) in [5, 5.41) is 0.704. The topological polar surface area (TPSA) is 51.1 Å². The quantitative estimate of drug-likeness (QED) is 0.604. The number of carbonyl (C=O) groups excluding carboxylic acids is 1.